The topological polar surface area (TPSA) is 159 Å². The number of ether oxygens (including phenoxy) is 2. The smallest absolute Gasteiger partial charge is 0.201 e. The Morgan fingerprint density at radius 2 is 2.02 bits per heavy atom. The molecule has 14 heteroatoms. The number of ketones is 1. The van der Waals surface area contributed by atoms with Crippen LogP contribution in [-0.4, -0.2) is 59.7 Å². The van der Waals surface area contributed by atoms with Crippen molar-refractivity contribution in [2.45, 2.75) is 37.2 Å². The first-order valence-corrected chi connectivity index (χ1v) is 17.6. The Hall–Kier alpha value is -3.93. The second kappa shape index (κ2) is 14.7. The van der Waals surface area contributed by atoms with Gasteiger partial charge >= 0.3 is 0 Å². The maximum Gasteiger partial charge on any atom is 0.201 e. The molecular formula is C32H29ClFN3O7S2. The first kappa shape index (κ1) is 33.4. The van der Waals surface area contributed by atoms with Gasteiger partial charge in [-0.3, -0.25) is 9.78 Å². The molecular weight excluding hydrogens is 657 g/mol. The van der Waals surface area contributed by atoms with Gasteiger partial charge in [0.1, 0.15) is 48.5 Å². The number of pyridine rings is 1. The minimum Gasteiger partial charge on any atom is -0.490 e. The summed E-state index contributed by atoms with van der Waals surface area (Å²) in [7, 11) is -2.42. The molecule has 0 spiro atoms. The van der Waals surface area contributed by atoms with E-state index in [-0.39, 0.29) is 65.0 Å². The molecule has 0 bridgehead atoms. The number of carbonyl (C=O) groups excluding carboxylic acids is 1. The first-order valence-electron chi connectivity index (χ1n) is 14.2. The number of nitrogens with one attached hydrogen (secondary N) is 1. The highest BCUT2D eigenvalue weighted by Crippen LogP contribution is 2.37. The number of aliphatic hydroxyl groups excluding tert-OH is 2. The summed E-state index contributed by atoms with van der Waals surface area (Å²) in [5.41, 5.74) is 2.62. The van der Waals surface area contributed by atoms with Gasteiger partial charge in [0.05, 0.1) is 34.1 Å². The van der Waals surface area contributed by atoms with Gasteiger partial charge in [-0.2, -0.15) is 5.26 Å². The van der Waals surface area contributed by atoms with Crippen LogP contribution in [0.1, 0.15) is 29.5 Å². The molecule has 0 saturated carbocycles. The van der Waals surface area contributed by atoms with Gasteiger partial charge in [-0.1, -0.05) is 23.7 Å². The summed E-state index contributed by atoms with van der Waals surface area (Å²) in [4.78, 5) is 17.5. The van der Waals surface area contributed by atoms with Gasteiger partial charge in [0.25, 0.3) is 0 Å². The van der Waals surface area contributed by atoms with Crippen LogP contribution in [0.4, 0.5) is 15.8 Å². The third kappa shape index (κ3) is 8.45. The zero-order chi connectivity index (χ0) is 32.8. The van der Waals surface area contributed by atoms with E-state index in [9.17, 15) is 33.1 Å². The largest absolute Gasteiger partial charge is 0.490 e. The second-order valence-corrected chi connectivity index (χ2v) is 15.6. The average molecular weight is 686 g/mol. The Morgan fingerprint density at radius 1 is 1.20 bits per heavy atom. The van der Waals surface area contributed by atoms with Crippen LogP contribution >= 0.6 is 22.4 Å². The molecule has 1 aliphatic rings. The lowest BCUT2D eigenvalue weighted by Gasteiger charge is -2.18. The number of benzene rings is 3. The van der Waals surface area contributed by atoms with E-state index in [0.717, 1.165) is 10.8 Å². The zero-order valence-corrected chi connectivity index (χ0v) is 26.7. The number of fused-ring (bicyclic) bond motifs is 1. The molecule has 1 unspecified atom stereocenters. The molecule has 5 rings (SSSR count). The van der Waals surface area contributed by atoms with Crippen LogP contribution in [0.25, 0.3) is 10.9 Å². The van der Waals surface area contributed by atoms with Gasteiger partial charge in [-0.25, -0.2) is 12.8 Å². The van der Waals surface area contributed by atoms with Crippen molar-refractivity contribution in [1.29, 1.82) is 5.26 Å². The van der Waals surface area contributed by atoms with Gasteiger partial charge in [-0.05, 0) is 59.2 Å². The van der Waals surface area contributed by atoms with E-state index in [1.165, 1.54) is 18.3 Å². The van der Waals surface area contributed by atoms with Crippen LogP contribution < -0.4 is 14.8 Å². The summed E-state index contributed by atoms with van der Waals surface area (Å²) in [5, 5.41) is 32.7. The van der Waals surface area contributed by atoms with Crippen LogP contribution in [0.15, 0.2) is 60.8 Å². The van der Waals surface area contributed by atoms with Gasteiger partial charge in [0.2, 0.25) is 8.87 Å². The summed E-state index contributed by atoms with van der Waals surface area (Å²) in [6.45, 7) is -0.661. The van der Waals surface area contributed by atoms with Crippen LogP contribution in [-0.2, 0) is 26.7 Å². The maximum absolute atomic E-state index is 13.5. The molecule has 1 aliphatic heterocycles. The van der Waals surface area contributed by atoms with E-state index >= 15 is 0 Å². The van der Waals surface area contributed by atoms with Crippen molar-refractivity contribution in [2.75, 3.05) is 24.3 Å². The lowest BCUT2D eigenvalue weighted by Crippen LogP contribution is -2.22. The highest BCUT2D eigenvalue weighted by Gasteiger charge is 2.30. The molecule has 4 aromatic rings. The number of anilines is 2. The summed E-state index contributed by atoms with van der Waals surface area (Å²) in [6, 6.07) is 16.4. The van der Waals surface area contributed by atoms with E-state index in [1.54, 1.807) is 42.5 Å². The Balaban J connectivity index is 1.43. The van der Waals surface area contributed by atoms with Crippen LogP contribution in [0.2, 0.25) is 5.02 Å². The summed E-state index contributed by atoms with van der Waals surface area (Å²) in [6.07, 6.45) is 0.572. The Bertz CT molecular complexity index is 1920. The highest BCUT2D eigenvalue weighted by atomic mass is 35.5. The van der Waals surface area contributed by atoms with Crippen LogP contribution in [0.3, 0.4) is 0 Å². The summed E-state index contributed by atoms with van der Waals surface area (Å²) < 4.78 is 48.8. The maximum atomic E-state index is 13.5. The third-order valence-corrected chi connectivity index (χ3v) is 11.3. The average Bonchev–Trinajstić information content (AvgIpc) is 3.37. The fourth-order valence-electron chi connectivity index (χ4n) is 4.88. The van der Waals surface area contributed by atoms with E-state index < -0.39 is 21.6 Å². The van der Waals surface area contributed by atoms with Crippen molar-refractivity contribution < 1.29 is 37.3 Å². The molecule has 0 aliphatic carbocycles. The second-order valence-electron chi connectivity index (χ2n) is 10.7. The number of carbonyl (C=O) groups is 1. The fourth-order valence-corrected chi connectivity index (χ4v) is 9.13. The molecule has 240 valence electrons. The molecule has 0 radical (unpaired) electrons. The predicted octanol–water partition coefficient (Wildman–Crippen LogP) is 5.29. The number of hydrogen-bond donors (Lipinski definition) is 3. The van der Waals surface area contributed by atoms with Crippen molar-refractivity contribution in [1.82, 2.24) is 4.98 Å². The molecule has 2 heterocycles. The van der Waals surface area contributed by atoms with E-state index in [0.29, 0.717) is 45.6 Å². The molecule has 46 heavy (non-hydrogen) atoms. The number of nitriles is 1. The number of Topliss-reactive ketones (excluding diaryl/α,β-unsaturated/α-hetero) is 1. The van der Waals surface area contributed by atoms with Crippen molar-refractivity contribution in [3.8, 4) is 17.6 Å². The normalized spacial score (nSPS) is 16.1. The fraction of sp³-hybridized carbons (Fsp3) is 0.281. The standard InChI is InChI=1S/C32H29ClFN3O7S2/c33-28-11-23(4-5-30(28)43-17-19-2-1-3-22(34)8-19)37-32-21(14-35)15-36-29-13-31(44-18-25(40)16-38)20(10-27(29)32)9-24(39)12-26-6-7-46(41,42)45-26/h1-5,8,10-11,13,15,25-26,38,40H,6-7,9,12,16-18H2,(H,36,37)/t25-,26?/m0/s1. The van der Waals surface area contributed by atoms with Gasteiger partial charge in [-0.15, -0.1) is 0 Å². The van der Waals surface area contributed by atoms with Crippen LogP contribution in [0.5, 0.6) is 11.5 Å². The Morgan fingerprint density at radius 3 is 2.72 bits per heavy atom. The Labute approximate surface area is 273 Å². The van der Waals surface area contributed by atoms with E-state index in [2.05, 4.69) is 16.4 Å². The zero-order valence-electron chi connectivity index (χ0n) is 24.3. The number of aliphatic hydroxyl groups is 2. The molecule has 1 saturated heterocycles. The number of nitrogens with zero attached hydrogens (tertiary/aromatic N) is 2. The predicted molar refractivity (Wildman–Crippen MR) is 174 cm³/mol. The van der Waals surface area contributed by atoms with Crippen molar-refractivity contribution in [2.24, 2.45) is 0 Å². The lowest BCUT2D eigenvalue weighted by atomic mass is 10.00. The van der Waals surface area contributed by atoms with E-state index in [1.807, 2.05) is 0 Å². The number of hydrogen-bond acceptors (Lipinski definition) is 11. The minimum absolute atomic E-state index is 0.0285. The number of halogens is 2. The lowest BCUT2D eigenvalue weighted by molar-refractivity contribution is -0.118. The van der Waals surface area contributed by atoms with Crippen molar-refractivity contribution >= 4 is 59.3 Å². The monoisotopic (exact) mass is 685 g/mol. The van der Waals surface area contributed by atoms with Crippen molar-refractivity contribution in [3.05, 3.63) is 88.3 Å². The molecule has 0 amide bonds. The number of rotatable bonds is 13. The SMILES string of the molecule is N#Cc1cnc2cc(OC[C@@H](O)CO)c(CC(=O)CC3CCS(=O)(=O)S3)cc2c1Nc1ccc(OCc2cccc(F)c2)c(Cl)c1. The molecule has 3 aromatic carbocycles. The van der Waals surface area contributed by atoms with Gasteiger partial charge in [0, 0.05) is 47.0 Å². The quantitative estimate of drug-likeness (QED) is 0.157. The molecule has 3 N–H and O–H groups in total. The molecule has 1 fully saturated rings. The van der Waals surface area contributed by atoms with Gasteiger partial charge in [0.15, 0.2) is 0 Å². The van der Waals surface area contributed by atoms with Gasteiger partial charge < -0.3 is 25.0 Å². The molecule has 10 nitrogen and oxygen atoms in total. The summed E-state index contributed by atoms with van der Waals surface area (Å²) >= 11 is 6.50. The van der Waals surface area contributed by atoms with Crippen LogP contribution in [0, 0.1) is 17.1 Å². The number of aromatic nitrogens is 1. The Kier molecular flexibility index (Phi) is 10.7. The minimum atomic E-state index is -3.23. The third-order valence-electron chi connectivity index (χ3n) is 7.11. The molecule has 2 atom stereocenters. The molecule has 1 aromatic heterocycles. The van der Waals surface area contributed by atoms with Crippen molar-refractivity contribution in [3.63, 3.8) is 0 Å². The highest BCUT2D eigenvalue weighted by molar-refractivity contribution is 8.72. The van der Waals surface area contributed by atoms with E-state index in [4.69, 9.17) is 21.1 Å². The summed E-state index contributed by atoms with van der Waals surface area (Å²) in [5.74, 6) is 0.0761. The first-order chi connectivity index (χ1) is 22.0.